The lowest BCUT2D eigenvalue weighted by molar-refractivity contribution is 0.472. The third-order valence-corrected chi connectivity index (χ3v) is 2.86. The Kier molecular flexibility index (Phi) is 6.43. The molecule has 18 heavy (non-hydrogen) atoms. The quantitative estimate of drug-likeness (QED) is 0.798. The number of rotatable bonds is 2. The number of phenols is 1. The Balaban J connectivity index is 0.000000357. The first-order chi connectivity index (χ1) is 8.69. The van der Waals surface area contributed by atoms with Crippen LogP contribution < -0.4 is 11.5 Å². The molecule has 5 N–H and O–H groups in total. The Morgan fingerprint density at radius 1 is 0.889 bits per heavy atom. The number of nitrogens with two attached hydrogens (primary N) is 2. The third kappa shape index (κ3) is 4.49. The maximum atomic E-state index is 9.34. The van der Waals surface area contributed by atoms with Gasteiger partial charge >= 0.3 is 0 Å². The number of hydrogen-bond acceptors (Lipinski definition) is 3. The van der Waals surface area contributed by atoms with Crippen LogP contribution in [0.2, 0.25) is 0 Å². The molecule has 0 unspecified atom stereocenters. The molecule has 0 radical (unpaired) electrons. The van der Waals surface area contributed by atoms with E-state index in [0.29, 0.717) is 13.1 Å². The van der Waals surface area contributed by atoms with E-state index in [-0.39, 0.29) is 5.75 Å². The van der Waals surface area contributed by atoms with Crippen molar-refractivity contribution in [1.29, 1.82) is 0 Å². The fraction of sp³-hybridized carbons (Fsp3) is 0.143. The summed E-state index contributed by atoms with van der Waals surface area (Å²) < 4.78 is 0.721. The average molecular weight is 309 g/mol. The van der Waals surface area contributed by atoms with Gasteiger partial charge in [-0.05, 0) is 39.2 Å². The van der Waals surface area contributed by atoms with E-state index >= 15 is 0 Å². The van der Waals surface area contributed by atoms with E-state index in [1.165, 1.54) is 0 Å². The Hall–Kier alpha value is -1.36. The van der Waals surface area contributed by atoms with Crippen LogP contribution in [0.15, 0.2) is 53.0 Å². The molecule has 0 spiro atoms. The van der Waals surface area contributed by atoms with Gasteiger partial charge in [0.1, 0.15) is 5.75 Å². The van der Waals surface area contributed by atoms with E-state index < -0.39 is 0 Å². The van der Waals surface area contributed by atoms with Crippen LogP contribution in [0, 0.1) is 0 Å². The largest absolute Gasteiger partial charge is 0.507 e. The van der Waals surface area contributed by atoms with Crippen molar-refractivity contribution < 1.29 is 5.11 Å². The first-order valence-corrected chi connectivity index (χ1v) is 6.42. The fourth-order valence-corrected chi connectivity index (χ4v) is 1.70. The molecule has 0 bridgehead atoms. The molecule has 0 heterocycles. The van der Waals surface area contributed by atoms with Gasteiger partial charge in [0.2, 0.25) is 0 Å². The van der Waals surface area contributed by atoms with Crippen LogP contribution in [0.1, 0.15) is 0 Å². The molecule has 0 saturated carbocycles. The Morgan fingerprint density at radius 2 is 1.50 bits per heavy atom. The van der Waals surface area contributed by atoms with Crippen molar-refractivity contribution in [3.8, 4) is 16.9 Å². The van der Waals surface area contributed by atoms with E-state index in [0.717, 1.165) is 15.6 Å². The van der Waals surface area contributed by atoms with Gasteiger partial charge in [0.15, 0.2) is 0 Å². The lowest BCUT2D eigenvalue weighted by Gasteiger charge is -2.03. The van der Waals surface area contributed by atoms with E-state index in [1.54, 1.807) is 6.07 Å². The number of hydrogen-bond donors (Lipinski definition) is 3. The lowest BCUT2D eigenvalue weighted by Crippen LogP contribution is -2.11. The highest BCUT2D eigenvalue weighted by Crippen LogP contribution is 2.29. The van der Waals surface area contributed by atoms with Gasteiger partial charge in [-0.25, -0.2) is 0 Å². The Morgan fingerprint density at radius 3 is 2.00 bits per heavy atom. The maximum Gasteiger partial charge on any atom is 0.129 e. The van der Waals surface area contributed by atoms with E-state index in [9.17, 15) is 5.11 Å². The molecule has 0 aromatic heterocycles. The van der Waals surface area contributed by atoms with Gasteiger partial charge in [0.05, 0.1) is 4.47 Å². The Bertz CT molecular complexity index is 472. The van der Waals surface area contributed by atoms with Crippen molar-refractivity contribution in [3.05, 3.63) is 53.0 Å². The molecule has 0 atom stereocenters. The zero-order chi connectivity index (χ0) is 13.4. The SMILES string of the molecule is NCCN.Oc1ccc(-c2ccccc2)cc1Br. The summed E-state index contributed by atoms with van der Waals surface area (Å²) in [5, 5.41) is 9.34. The summed E-state index contributed by atoms with van der Waals surface area (Å²) in [4.78, 5) is 0. The minimum atomic E-state index is 0.268. The number of benzene rings is 2. The molecule has 2 rings (SSSR count). The molecule has 2 aromatic carbocycles. The van der Waals surface area contributed by atoms with Crippen molar-refractivity contribution in [2.45, 2.75) is 0 Å². The molecule has 0 aliphatic carbocycles. The molecule has 2 aromatic rings. The van der Waals surface area contributed by atoms with Gasteiger partial charge in [-0.3, -0.25) is 0 Å². The summed E-state index contributed by atoms with van der Waals surface area (Å²) >= 11 is 3.29. The summed E-state index contributed by atoms with van der Waals surface area (Å²) in [6.07, 6.45) is 0. The summed E-state index contributed by atoms with van der Waals surface area (Å²) in [6.45, 7) is 1.19. The molecular formula is C14H17BrN2O. The summed E-state index contributed by atoms with van der Waals surface area (Å²) in [6, 6.07) is 15.6. The summed E-state index contributed by atoms with van der Waals surface area (Å²) in [5.41, 5.74) is 12.0. The molecule has 96 valence electrons. The van der Waals surface area contributed by atoms with Crippen LogP contribution >= 0.6 is 15.9 Å². The molecule has 0 amide bonds. The number of aromatic hydroxyl groups is 1. The second kappa shape index (κ2) is 7.87. The standard InChI is InChI=1S/C12H9BrO.C2H8N2/c13-11-8-10(6-7-12(11)14)9-4-2-1-3-5-9;3-1-2-4/h1-8,14H;1-4H2. The molecule has 3 nitrogen and oxygen atoms in total. The van der Waals surface area contributed by atoms with Gasteiger partial charge in [-0.15, -0.1) is 0 Å². The molecule has 0 aliphatic heterocycles. The number of phenolic OH excluding ortho intramolecular Hbond substituents is 1. The van der Waals surface area contributed by atoms with E-state index in [1.807, 2.05) is 42.5 Å². The van der Waals surface area contributed by atoms with Crippen LogP contribution in [0.5, 0.6) is 5.75 Å². The molecule has 0 aliphatic rings. The van der Waals surface area contributed by atoms with Crippen LogP contribution in [-0.2, 0) is 0 Å². The third-order valence-electron chi connectivity index (χ3n) is 2.22. The van der Waals surface area contributed by atoms with Crippen LogP contribution in [0.4, 0.5) is 0 Å². The highest BCUT2D eigenvalue weighted by Gasteiger charge is 2.00. The smallest absolute Gasteiger partial charge is 0.129 e. The lowest BCUT2D eigenvalue weighted by atomic mass is 10.1. The minimum Gasteiger partial charge on any atom is -0.507 e. The van der Waals surface area contributed by atoms with Gasteiger partial charge in [0.25, 0.3) is 0 Å². The molecular weight excluding hydrogens is 292 g/mol. The van der Waals surface area contributed by atoms with Gasteiger partial charge in [-0.2, -0.15) is 0 Å². The van der Waals surface area contributed by atoms with Crippen molar-refractivity contribution in [1.82, 2.24) is 0 Å². The highest BCUT2D eigenvalue weighted by molar-refractivity contribution is 9.10. The predicted octanol–water partition coefficient (Wildman–Crippen LogP) is 2.73. The number of halogens is 1. The van der Waals surface area contributed by atoms with Crippen LogP contribution in [0.3, 0.4) is 0 Å². The monoisotopic (exact) mass is 308 g/mol. The van der Waals surface area contributed by atoms with Crippen molar-refractivity contribution in [2.24, 2.45) is 11.5 Å². The Labute approximate surface area is 116 Å². The van der Waals surface area contributed by atoms with E-state index in [4.69, 9.17) is 11.5 Å². The second-order valence-electron chi connectivity index (χ2n) is 3.61. The van der Waals surface area contributed by atoms with E-state index in [2.05, 4.69) is 15.9 Å². The van der Waals surface area contributed by atoms with Gasteiger partial charge in [-0.1, -0.05) is 36.4 Å². The fourth-order valence-electron chi connectivity index (χ4n) is 1.32. The van der Waals surface area contributed by atoms with Crippen LogP contribution in [-0.4, -0.2) is 18.2 Å². The van der Waals surface area contributed by atoms with Crippen LogP contribution in [0.25, 0.3) is 11.1 Å². The first-order valence-electron chi connectivity index (χ1n) is 5.63. The summed E-state index contributed by atoms with van der Waals surface area (Å²) in [5.74, 6) is 0.268. The van der Waals surface area contributed by atoms with Crippen molar-refractivity contribution >= 4 is 15.9 Å². The molecule has 0 fully saturated rings. The molecule has 4 heteroatoms. The van der Waals surface area contributed by atoms with Gasteiger partial charge in [0, 0.05) is 13.1 Å². The van der Waals surface area contributed by atoms with Crippen molar-refractivity contribution in [3.63, 3.8) is 0 Å². The van der Waals surface area contributed by atoms with Gasteiger partial charge < -0.3 is 16.6 Å². The molecule has 0 saturated heterocycles. The average Bonchev–Trinajstić information content (AvgIpc) is 2.43. The highest BCUT2D eigenvalue weighted by atomic mass is 79.9. The summed E-state index contributed by atoms with van der Waals surface area (Å²) in [7, 11) is 0. The topological polar surface area (TPSA) is 72.3 Å². The second-order valence-corrected chi connectivity index (χ2v) is 4.46. The first kappa shape index (κ1) is 14.7. The van der Waals surface area contributed by atoms with Crippen molar-refractivity contribution in [2.75, 3.05) is 13.1 Å². The zero-order valence-corrected chi connectivity index (χ0v) is 11.6. The minimum absolute atomic E-state index is 0.268. The predicted molar refractivity (Wildman–Crippen MR) is 79.4 cm³/mol. The normalized spacial score (nSPS) is 9.50. The zero-order valence-electron chi connectivity index (χ0n) is 10.0. The maximum absolute atomic E-state index is 9.34.